The maximum absolute atomic E-state index is 11.0. The van der Waals surface area contributed by atoms with Crippen LogP contribution in [0, 0.1) is 30.9 Å². The van der Waals surface area contributed by atoms with Crippen LogP contribution in [0.4, 0.5) is 5.69 Å². The average molecular weight is 288 g/mol. The molecule has 0 saturated carbocycles. The first-order valence-electron chi connectivity index (χ1n) is 6.81. The molecule has 2 aromatic rings. The summed E-state index contributed by atoms with van der Waals surface area (Å²) in [5.74, 6) is 0. The second-order valence-electron chi connectivity index (χ2n) is 5.36. The fourth-order valence-corrected chi connectivity index (χ4v) is 2.45. The van der Waals surface area contributed by atoms with Crippen LogP contribution < -0.4 is 0 Å². The van der Waals surface area contributed by atoms with E-state index in [2.05, 4.69) is 29.1 Å². The highest BCUT2D eigenvalue weighted by Gasteiger charge is 2.22. The van der Waals surface area contributed by atoms with Gasteiger partial charge in [-0.1, -0.05) is 24.3 Å². The van der Waals surface area contributed by atoms with Crippen molar-refractivity contribution in [2.75, 3.05) is 7.05 Å². The van der Waals surface area contributed by atoms with Crippen LogP contribution in [-0.4, -0.2) is 26.7 Å². The molecule has 1 aromatic heterocycles. The minimum Gasteiger partial charge on any atom is -0.283 e. The second kappa shape index (κ2) is 6.05. The highest BCUT2D eigenvalue weighted by Crippen LogP contribution is 2.22. The minimum atomic E-state index is -0.366. The zero-order valence-corrected chi connectivity index (χ0v) is 12.8. The van der Waals surface area contributed by atoms with Crippen LogP contribution in [0.2, 0.25) is 0 Å². The Kier molecular flexibility index (Phi) is 4.37. The summed E-state index contributed by atoms with van der Waals surface area (Å²) in [5, 5.41) is 15.3. The molecule has 0 N–H and O–H groups in total. The maximum atomic E-state index is 11.0. The van der Waals surface area contributed by atoms with Crippen molar-refractivity contribution in [3.05, 3.63) is 56.9 Å². The van der Waals surface area contributed by atoms with E-state index >= 15 is 0 Å². The van der Waals surface area contributed by atoms with Crippen LogP contribution in [-0.2, 0) is 13.2 Å². The molecule has 0 atom stereocenters. The normalized spacial score (nSPS) is 11.1. The lowest BCUT2D eigenvalue weighted by Gasteiger charge is -2.18. The van der Waals surface area contributed by atoms with E-state index in [-0.39, 0.29) is 10.6 Å². The Morgan fingerprint density at radius 3 is 2.52 bits per heavy atom. The summed E-state index contributed by atoms with van der Waals surface area (Å²) in [5.41, 5.74) is 3.65. The molecule has 0 aliphatic heterocycles. The van der Waals surface area contributed by atoms with Crippen LogP contribution in [0.25, 0.3) is 0 Å². The molecule has 0 unspecified atom stereocenters. The molecule has 0 aliphatic rings. The van der Waals surface area contributed by atoms with Gasteiger partial charge in [-0.25, -0.2) is 4.68 Å². The van der Waals surface area contributed by atoms with E-state index in [0.717, 1.165) is 6.54 Å². The molecule has 1 aromatic carbocycles. The van der Waals surface area contributed by atoms with Crippen molar-refractivity contribution in [3.63, 3.8) is 0 Å². The maximum Gasteiger partial charge on any atom is 0.312 e. The second-order valence-corrected chi connectivity index (χ2v) is 5.36. The van der Waals surface area contributed by atoms with E-state index in [1.54, 1.807) is 18.5 Å². The molecule has 0 amide bonds. The monoisotopic (exact) mass is 288 g/mol. The summed E-state index contributed by atoms with van der Waals surface area (Å²) >= 11 is 0. The average Bonchev–Trinajstić information content (AvgIpc) is 2.67. The van der Waals surface area contributed by atoms with Crippen molar-refractivity contribution < 1.29 is 4.92 Å². The summed E-state index contributed by atoms with van der Waals surface area (Å²) in [6.07, 6.45) is 0. The molecule has 112 valence electrons. The number of hydrogen-bond donors (Lipinski definition) is 0. The molecule has 6 nitrogen and oxygen atoms in total. The van der Waals surface area contributed by atoms with Crippen LogP contribution in [0.3, 0.4) is 0 Å². The SMILES string of the molecule is Cc1ccccc1CN(C)Cn1nc(C)c([N+](=O)[O-])c1C. The van der Waals surface area contributed by atoms with Gasteiger partial charge in [0.2, 0.25) is 0 Å². The highest BCUT2D eigenvalue weighted by molar-refractivity contribution is 5.39. The van der Waals surface area contributed by atoms with Crippen molar-refractivity contribution in [2.24, 2.45) is 0 Å². The van der Waals surface area contributed by atoms with Crippen molar-refractivity contribution in [2.45, 2.75) is 34.0 Å². The lowest BCUT2D eigenvalue weighted by molar-refractivity contribution is -0.386. The quantitative estimate of drug-likeness (QED) is 0.627. The van der Waals surface area contributed by atoms with Crippen LogP contribution in [0.1, 0.15) is 22.5 Å². The number of hydrogen-bond acceptors (Lipinski definition) is 4. The Morgan fingerprint density at radius 1 is 1.29 bits per heavy atom. The predicted octanol–water partition coefficient (Wildman–Crippen LogP) is 2.81. The third-order valence-electron chi connectivity index (χ3n) is 3.60. The third-order valence-corrected chi connectivity index (χ3v) is 3.60. The van der Waals surface area contributed by atoms with Crippen molar-refractivity contribution in [3.8, 4) is 0 Å². The Hall–Kier alpha value is -2.21. The molecule has 0 aliphatic carbocycles. The van der Waals surface area contributed by atoms with Crippen molar-refractivity contribution in [1.29, 1.82) is 0 Å². The largest absolute Gasteiger partial charge is 0.312 e. The number of benzene rings is 1. The first-order chi connectivity index (χ1) is 9.90. The van der Waals surface area contributed by atoms with Gasteiger partial charge in [0.25, 0.3) is 0 Å². The number of nitro groups is 1. The van der Waals surface area contributed by atoms with Gasteiger partial charge in [-0.05, 0) is 38.9 Å². The van der Waals surface area contributed by atoms with Gasteiger partial charge in [-0.15, -0.1) is 0 Å². The molecule has 0 bridgehead atoms. The van der Waals surface area contributed by atoms with E-state index in [1.165, 1.54) is 11.1 Å². The van der Waals surface area contributed by atoms with Crippen LogP contribution >= 0.6 is 0 Å². The Morgan fingerprint density at radius 2 is 1.95 bits per heavy atom. The molecule has 0 saturated heterocycles. The standard InChI is InChI=1S/C15H20N4O2/c1-11-7-5-6-8-14(11)9-17(4)10-18-13(3)15(19(20)21)12(2)16-18/h5-8H,9-10H2,1-4H3. The highest BCUT2D eigenvalue weighted by atomic mass is 16.6. The van der Waals surface area contributed by atoms with Gasteiger partial charge in [0.05, 0.1) is 11.6 Å². The van der Waals surface area contributed by atoms with Crippen LogP contribution in [0.5, 0.6) is 0 Å². The van der Waals surface area contributed by atoms with E-state index in [1.807, 2.05) is 19.2 Å². The lowest BCUT2D eigenvalue weighted by atomic mass is 10.1. The van der Waals surface area contributed by atoms with Gasteiger partial charge in [-0.3, -0.25) is 15.0 Å². The van der Waals surface area contributed by atoms with Gasteiger partial charge in [0.1, 0.15) is 11.4 Å². The van der Waals surface area contributed by atoms with Crippen molar-refractivity contribution >= 4 is 5.69 Å². The molecule has 21 heavy (non-hydrogen) atoms. The van der Waals surface area contributed by atoms with Crippen molar-refractivity contribution in [1.82, 2.24) is 14.7 Å². The predicted molar refractivity (Wildman–Crippen MR) is 81.0 cm³/mol. The molecule has 2 rings (SSSR count). The molecule has 6 heteroatoms. The fourth-order valence-electron chi connectivity index (χ4n) is 2.45. The van der Waals surface area contributed by atoms with E-state index in [0.29, 0.717) is 18.1 Å². The first kappa shape index (κ1) is 15.2. The zero-order chi connectivity index (χ0) is 15.6. The smallest absolute Gasteiger partial charge is 0.283 e. The van der Waals surface area contributed by atoms with Gasteiger partial charge in [0.15, 0.2) is 0 Å². The topological polar surface area (TPSA) is 64.2 Å². The van der Waals surface area contributed by atoms with Gasteiger partial charge < -0.3 is 0 Å². The lowest BCUT2D eigenvalue weighted by Crippen LogP contribution is -2.23. The van der Waals surface area contributed by atoms with E-state index < -0.39 is 0 Å². The van der Waals surface area contributed by atoms with Gasteiger partial charge in [0, 0.05) is 6.54 Å². The van der Waals surface area contributed by atoms with E-state index in [4.69, 9.17) is 0 Å². The summed E-state index contributed by atoms with van der Waals surface area (Å²) < 4.78 is 1.69. The molecule has 0 spiro atoms. The number of rotatable bonds is 5. The Bertz CT molecular complexity index is 664. The fraction of sp³-hybridized carbons (Fsp3) is 0.400. The van der Waals surface area contributed by atoms with Crippen LogP contribution in [0.15, 0.2) is 24.3 Å². The number of aromatic nitrogens is 2. The molecule has 0 radical (unpaired) electrons. The third kappa shape index (κ3) is 3.28. The Labute approximate surface area is 124 Å². The summed E-state index contributed by atoms with van der Waals surface area (Å²) in [7, 11) is 1.98. The minimum absolute atomic E-state index is 0.110. The first-order valence-corrected chi connectivity index (χ1v) is 6.81. The van der Waals surface area contributed by atoms with E-state index in [9.17, 15) is 10.1 Å². The number of nitrogens with zero attached hydrogens (tertiary/aromatic N) is 4. The van der Waals surface area contributed by atoms with Gasteiger partial charge >= 0.3 is 5.69 Å². The Balaban J connectivity index is 2.14. The molecular weight excluding hydrogens is 268 g/mol. The summed E-state index contributed by atoms with van der Waals surface area (Å²) in [6.45, 7) is 6.79. The molecular formula is C15H20N4O2. The summed E-state index contributed by atoms with van der Waals surface area (Å²) in [4.78, 5) is 12.7. The number of aryl methyl sites for hydroxylation is 2. The van der Waals surface area contributed by atoms with Gasteiger partial charge in [-0.2, -0.15) is 5.10 Å². The molecule has 0 fully saturated rings. The summed E-state index contributed by atoms with van der Waals surface area (Å²) in [6, 6.07) is 8.21. The zero-order valence-electron chi connectivity index (χ0n) is 12.8. The molecule has 1 heterocycles.